The Morgan fingerprint density at radius 1 is 1.21 bits per heavy atom. The van der Waals surface area contributed by atoms with Gasteiger partial charge in [-0.05, 0) is 13.3 Å². The fourth-order valence-corrected chi connectivity index (χ4v) is 4.49. The molecule has 0 radical (unpaired) electrons. The molecule has 0 fully saturated rings. The van der Waals surface area contributed by atoms with E-state index in [2.05, 4.69) is 4.52 Å². The van der Waals surface area contributed by atoms with E-state index in [-0.39, 0.29) is 13.0 Å². The van der Waals surface area contributed by atoms with Crippen molar-refractivity contribution in [3.05, 3.63) is 0 Å². The van der Waals surface area contributed by atoms with Gasteiger partial charge in [-0.2, -0.15) is 0 Å². The highest BCUT2D eigenvalue weighted by atomic mass is 31.2. The molecule has 0 amide bonds. The minimum Gasteiger partial charge on any atom is -0.324 e. The summed E-state index contributed by atoms with van der Waals surface area (Å²) in [6.45, 7) is 3.12. The maximum absolute atomic E-state index is 11.4. The van der Waals surface area contributed by atoms with E-state index < -0.39 is 20.6 Å². The molecule has 8 heteroatoms. The third kappa shape index (κ3) is 4.22. The first-order chi connectivity index (χ1) is 6.25. The van der Waals surface area contributed by atoms with Crippen molar-refractivity contribution < 1.29 is 28.3 Å². The minimum absolute atomic E-state index is 0.0297. The third-order valence-corrected chi connectivity index (χ3v) is 6.08. The van der Waals surface area contributed by atoms with Gasteiger partial charge in [0.1, 0.15) is 0 Å². The molecule has 0 rings (SSSR count). The van der Waals surface area contributed by atoms with Crippen molar-refractivity contribution in [3.8, 4) is 0 Å². The summed E-state index contributed by atoms with van der Waals surface area (Å²) in [6.07, 6.45) is 0.380. The van der Waals surface area contributed by atoms with Crippen molar-refractivity contribution in [2.75, 3.05) is 6.61 Å². The van der Waals surface area contributed by atoms with Crippen molar-refractivity contribution in [1.82, 2.24) is 0 Å². The van der Waals surface area contributed by atoms with Crippen LogP contribution in [0.1, 0.15) is 26.7 Å². The third-order valence-electron chi connectivity index (χ3n) is 1.63. The Morgan fingerprint density at radius 2 is 1.71 bits per heavy atom. The lowest BCUT2D eigenvalue weighted by Crippen LogP contribution is -2.11. The molecule has 0 bridgehead atoms. The first-order valence-corrected chi connectivity index (χ1v) is 7.60. The summed E-state index contributed by atoms with van der Waals surface area (Å²) in [5, 5.41) is -1.60. The monoisotopic (exact) mass is 246 g/mol. The van der Waals surface area contributed by atoms with Crippen LogP contribution in [0, 0.1) is 0 Å². The van der Waals surface area contributed by atoms with Crippen LogP contribution in [0.4, 0.5) is 0 Å². The molecule has 14 heavy (non-hydrogen) atoms. The Labute approximate surface area is 83.0 Å². The number of hydrogen-bond acceptors (Lipinski definition) is 3. The summed E-state index contributed by atoms with van der Waals surface area (Å²) in [5.74, 6) is 0. The number of hydrogen-bond donors (Lipinski definition) is 3. The lowest BCUT2D eigenvalue weighted by Gasteiger charge is -2.22. The molecular weight excluding hydrogens is 230 g/mol. The summed E-state index contributed by atoms with van der Waals surface area (Å²) in [5.41, 5.74) is 0. The van der Waals surface area contributed by atoms with Crippen LogP contribution in [0.25, 0.3) is 0 Å². The molecule has 0 aromatic carbocycles. The predicted octanol–water partition coefficient (Wildman–Crippen LogP) is 1.51. The summed E-state index contributed by atoms with van der Waals surface area (Å²) in [6, 6.07) is 0. The molecule has 0 heterocycles. The van der Waals surface area contributed by atoms with Crippen molar-refractivity contribution >= 4 is 15.2 Å². The van der Waals surface area contributed by atoms with Crippen molar-refractivity contribution in [2.45, 2.75) is 32.1 Å². The van der Waals surface area contributed by atoms with Gasteiger partial charge in [0.2, 0.25) is 0 Å². The Hall–Kier alpha value is 0.300. The molecule has 2 unspecified atom stereocenters. The largest absolute Gasteiger partial charge is 0.343 e. The molecule has 0 spiro atoms. The molecule has 0 aliphatic rings. The summed E-state index contributed by atoms with van der Waals surface area (Å²) >= 11 is 0. The van der Waals surface area contributed by atoms with Crippen LogP contribution in [0.15, 0.2) is 0 Å². The van der Waals surface area contributed by atoms with Crippen LogP contribution < -0.4 is 0 Å². The second kappa shape index (κ2) is 5.40. The van der Waals surface area contributed by atoms with E-state index in [1.807, 2.05) is 0 Å². The molecule has 3 N–H and O–H groups in total. The van der Waals surface area contributed by atoms with Crippen LogP contribution in [0.2, 0.25) is 0 Å². The summed E-state index contributed by atoms with van der Waals surface area (Å²) < 4.78 is 26.8. The fourth-order valence-electron chi connectivity index (χ4n) is 1.05. The van der Waals surface area contributed by atoms with Gasteiger partial charge in [-0.15, -0.1) is 0 Å². The molecule has 0 aromatic heterocycles. The SMILES string of the molecule is CCCC(P(=O)(O)O)P(=O)(O)OCC. The van der Waals surface area contributed by atoms with Gasteiger partial charge in [0.15, 0.2) is 5.40 Å². The van der Waals surface area contributed by atoms with E-state index in [0.29, 0.717) is 6.42 Å². The van der Waals surface area contributed by atoms with Crippen LogP contribution >= 0.6 is 15.2 Å². The molecule has 0 aliphatic carbocycles. The van der Waals surface area contributed by atoms with Gasteiger partial charge >= 0.3 is 15.2 Å². The Kier molecular flexibility index (Phi) is 5.52. The standard InChI is InChI=1S/C6H16O6P2/c1-3-5-6(13(7,8)9)14(10,11)12-4-2/h6H,3-5H2,1-2H3,(H,10,11)(H2,7,8,9). The highest BCUT2D eigenvalue weighted by Crippen LogP contribution is 2.64. The zero-order chi connectivity index (χ0) is 11.4. The van der Waals surface area contributed by atoms with Gasteiger partial charge in [-0.3, -0.25) is 9.13 Å². The minimum atomic E-state index is -4.58. The maximum atomic E-state index is 11.4. The Balaban J connectivity index is 4.82. The quantitative estimate of drug-likeness (QED) is 0.613. The zero-order valence-electron chi connectivity index (χ0n) is 8.16. The average Bonchev–Trinajstić information content (AvgIpc) is 1.97. The fraction of sp³-hybridized carbons (Fsp3) is 1.00. The van der Waals surface area contributed by atoms with Crippen molar-refractivity contribution in [1.29, 1.82) is 0 Å². The maximum Gasteiger partial charge on any atom is 0.343 e. The lowest BCUT2D eigenvalue weighted by molar-refractivity contribution is 0.263. The topological polar surface area (TPSA) is 104 Å². The molecule has 0 aliphatic heterocycles. The Morgan fingerprint density at radius 3 is 2.00 bits per heavy atom. The van der Waals surface area contributed by atoms with E-state index >= 15 is 0 Å². The molecule has 0 aromatic rings. The van der Waals surface area contributed by atoms with Gasteiger partial charge in [-0.1, -0.05) is 13.3 Å². The average molecular weight is 246 g/mol. The molecule has 2 atom stereocenters. The second-order valence-corrected chi connectivity index (χ2v) is 7.06. The van der Waals surface area contributed by atoms with Gasteiger partial charge in [0.05, 0.1) is 6.61 Å². The van der Waals surface area contributed by atoms with E-state index in [1.54, 1.807) is 6.92 Å². The van der Waals surface area contributed by atoms with Gasteiger partial charge in [-0.25, -0.2) is 0 Å². The lowest BCUT2D eigenvalue weighted by atomic mass is 10.4. The smallest absolute Gasteiger partial charge is 0.324 e. The molecule has 6 nitrogen and oxygen atoms in total. The first kappa shape index (κ1) is 14.3. The van der Waals surface area contributed by atoms with Gasteiger partial charge < -0.3 is 19.2 Å². The van der Waals surface area contributed by atoms with Gasteiger partial charge in [0.25, 0.3) is 0 Å². The van der Waals surface area contributed by atoms with Gasteiger partial charge in [0, 0.05) is 0 Å². The molecule has 0 saturated heterocycles. The summed E-state index contributed by atoms with van der Waals surface area (Å²) in [7, 11) is -8.79. The Bertz CT molecular complexity index is 259. The van der Waals surface area contributed by atoms with E-state index in [9.17, 15) is 14.0 Å². The van der Waals surface area contributed by atoms with E-state index in [1.165, 1.54) is 6.92 Å². The number of rotatable bonds is 6. The predicted molar refractivity (Wildman–Crippen MR) is 52.2 cm³/mol. The zero-order valence-corrected chi connectivity index (χ0v) is 9.95. The van der Waals surface area contributed by atoms with Crippen LogP contribution in [0.5, 0.6) is 0 Å². The highest BCUT2D eigenvalue weighted by Gasteiger charge is 2.44. The molecular formula is C6H16O6P2. The normalized spacial score (nSPS) is 18.9. The molecule has 86 valence electrons. The van der Waals surface area contributed by atoms with E-state index in [4.69, 9.17) is 9.79 Å². The molecule has 0 saturated carbocycles. The van der Waals surface area contributed by atoms with Crippen LogP contribution in [0.3, 0.4) is 0 Å². The van der Waals surface area contributed by atoms with E-state index in [0.717, 1.165) is 0 Å². The van der Waals surface area contributed by atoms with Crippen molar-refractivity contribution in [3.63, 3.8) is 0 Å². The van der Waals surface area contributed by atoms with Crippen molar-refractivity contribution in [2.24, 2.45) is 0 Å². The van der Waals surface area contributed by atoms with Crippen LogP contribution in [-0.2, 0) is 13.7 Å². The van der Waals surface area contributed by atoms with Crippen LogP contribution in [-0.4, -0.2) is 26.7 Å². The summed E-state index contributed by atoms with van der Waals surface area (Å²) in [4.78, 5) is 27.0. The second-order valence-electron chi connectivity index (χ2n) is 2.84. The highest BCUT2D eigenvalue weighted by molar-refractivity contribution is 7.71. The first-order valence-electron chi connectivity index (χ1n) is 4.28.